The molecule has 4 heterocycles. The van der Waals surface area contributed by atoms with Crippen LogP contribution in [0.3, 0.4) is 0 Å². The summed E-state index contributed by atoms with van der Waals surface area (Å²) in [7, 11) is 0. The zero-order valence-corrected chi connectivity index (χ0v) is 23.9. The number of thiazole rings is 1. The average molecular weight is 528 g/mol. The number of ketones is 1. The van der Waals surface area contributed by atoms with E-state index in [1.165, 1.54) is 5.56 Å². The third-order valence-corrected chi connectivity index (χ3v) is 9.02. The molecule has 1 amide bonds. The van der Waals surface area contributed by atoms with Crippen molar-refractivity contribution in [3.63, 3.8) is 0 Å². The Balaban J connectivity index is 1.65. The van der Waals surface area contributed by atoms with E-state index in [-0.39, 0.29) is 17.9 Å². The molecule has 0 aromatic carbocycles. The minimum Gasteiger partial charge on any atom is -0.444 e. The van der Waals surface area contributed by atoms with Gasteiger partial charge in [0.05, 0.1) is 17.4 Å². The lowest BCUT2D eigenvalue weighted by atomic mass is 9.95. The number of nitrogens with zero attached hydrogens (tertiary/aromatic N) is 3. The Labute approximate surface area is 222 Å². The number of carbonyl (C=O) groups is 2. The standard InChI is InChI=1S/C28H37N3O3S2/c1-7-17(2)9-8-10-19(32)14-23-25(26-30-21-15-29-12-11-22(21)36-26)20-13-18(3)31(16-24(20)35-23)27(33)34-28(4,5)6/h11-12,15,17-18H,7-10,13-14,16H2,1-6H3/t17-,18-/m0/s1. The lowest BCUT2D eigenvalue weighted by molar-refractivity contribution is -0.118. The number of carbonyl (C=O) groups excluding carboxylic acids is 2. The van der Waals surface area contributed by atoms with Gasteiger partial charge in [-0.05, 0) is 58.1 Å². The quantitative estimate of drug-likeness (QED) is 0.305. The molecular formula is C28H37N3O3S2. The molecule has 2 atom stereocenters. The first-order valence-electron chi connectivity index (χ1n) is 12.9. The minimum atomic E-state index is -0.542. The molecule has 0 fully saturated rings. The van der Waals surface area contributed by atoms with Crippen LogP contribution in [0.1, 0.15) is 82.5 Å². The second-order valence-corrected chi connectivity index (χ2v) is 13.2. The first-order chi connectivity index (χ1) is 17.1. The molecule has 6 nitrogen and oxygen atoms in total. The molecule has 3 aromatic heterocycles. The summed E-state index contributed by atoms with van der Waals surface area (Å²) in [5.41, 5.74) is 2.66. The highest BCUT2D eigenvalue weighted by atomic mass is 32.1. The molecule has 0 bridgehead atoms. The number of hydrogen-bond acceptors (Lipinski definition) is 7. The second-order valence-electron chi connectivity index (χ2n) is 10.9. The Morgan fingerprint density at radius 2 is 2.06 bits per heavy atom. The van der Waals surface area contributed by atoms with Crippen LogP contribution < -0.4 is 0 Å². The lowest BCUT2D eigenvalue weighted by Crippen LogP contribution is -2.44. The van der Waals surface area contributed by atoms with Gasteiger partial charge in [0.15, 0.2) is 0 Å². The van der Waals surface area contributed by atoms with Crippen molar-refractivity contribution in [3.05, 3.63) is 33.8 Å². The Kier molecular flexibility index (Phi) is 8.15. The first kappa shape index (κ1) is 26.7. The molecule has 0 N–H and O–H groups in total. The van der Waals surface area contributed by atoms with Crippen LogP contribution in [0.4, 0.5) is 4.79 Å². The number of Topliss-reactive ketones (excluding diaryl/α,β-unsaturated/α-hetero) is 1. The molecule has 4 rings (SSSR count). The van der Waals surface area contributed by atoms with Gasteiger partial charge in [-0.2, -0.15) is 0 Å². The van der Waals surface area contributed by atoms with Crippen molar-refractivity contribution in [2.45, 2.75) is 98.3 Å². The van der Waals surface area contributed by atoms with Gasteiger partial charge in [-0.3, -0.25) is 9.78 Å². The maximum absolute atomic E-state index is 13.0. The van der Waals surface area contributed by atoms with Gasteiger partial charge in [-0.25, -0.2) is 9.78 Å². The van der Waals surface area contributed by atoms with E-state index in [0.717, 1.165) is 56.2 Å². The smallest absolute Gasteiger partial charge is 0.410 e. The van der Waals surface area contributed by atoms with Gasteiger partial charge in [0.25, 0.3) is 0 Å². The van der Waals surface area contributed by atoms with Crippen molar-refractivity contribution in [2.75, 3.05) is 0 Å². The summed E-state index contributed by atoms with van der Waals surface area (Å²) in [6, 6.07) is 1.98. The minimum absolute atomic E-state index is 0.00386. The highest BCUT2D eigenvalue weighted by molar-refractivity contribution is 7.22. The molecule has 1 aliphatic rings. The highest BCUT2D eigenvalue weighted by Crippen LogP contribution is 2.44. The third-order valence-electron chi connectivity index (χ3n) is 6.75. The van der Waals surface area contributed by atoms with E-state index in [0.29, 0.717) is 25.3 Å². The molecule has 0 unspecified atom stereocenters. The number of fused-ring (bicyclic) bond motifs is 2. The van der Waals surface area contributed by atoms with Crippen LogP contribution in [0.15, 0.2) is 18.5 Å². The molecule has 194 valence electrons. The topological polar surface area (TPSA) is 72.4 Å². The Morgan fingerprint density at radius 1 is 1.28 bits per heavy atom. The fourth-order valence-electron chi connectivity index (χ4n) is 4.57. The normalized spacial score (nSPS) is 16.7. The summed E-state index contributed by atoms with van der Waals surface area (Å²) in [5, 5.41) is 0.941. The lowest BCUT2D eigenvalue weighted by Gasteiger charge is -2.35. The third kappa shape index (κ3) is 6.14. The molecule has 36 heavy (non-hydrogen) atoms. The monoisotopic (exact) mass is 527 g/mol. The molecule has 0 saturated heterocycles. The first-order valence-corrected chi connectivity index (χ1v) is 14.5. The molecule has 0 radical (unpaired) electrons. The van der Waals surface area contributed by atoms with Crippen LogP contribution in [0.25, 0.3) is 20.8 Å². The number of hydrogen-bond donors (Lipinski definition) is 0. The van der Waals surface area contributed by atoms with Crippen LogP contribution in [-0.4, -0.2) is 38.4 Å². The van der Waals surface area contributed by atoms with Crippen LogP contribution >= 0.6 is 22.7 Å². The van der Waals surface area contributed by atoms with Gasteiger partial charge in [-0.15, -0.1) is 22.7 Å². The van der Waals surface area contributed by atoms with Crippen LogP contribution in [-0.2, 0) is 28.9 Å². The molecule has 8 heteroatoms. The van der Waals surface area contributed by atoms with Gasteiger partial charge in [0.2, 0.25) is 0 Å². The van der Waals surface area contributed by atoms with E-state index in [4.69, 9.17) is 9.72 Å². The summed E-state index contributed by atoms with van der Waals surface area (Å²) in [6.45, 7) is 12.7. The number of amides is 1. The van der Waals surface area contributed by atoms with Gasteiger partial charge in [0.1, 0.15) is 21.9 Å². The van der Waals surface area contributed by atoms with Crippen molar-refractivity contribution >= 4 is 44.8 Å². The van der Waals surface area contributed by atoms with Gasteiger partial charge in [-0.1, -0.05) is 26.7 Å². The Bertz CT molecular complexity index is 1210. The van der Waals surface area contributed by atoms with Crippen LogP contribution in [0.2, 0.25) is 0 Å². The molecule has 0 spiro atoms. The van der Waals surface area contributed by atoms with Gasteiger partial charge < -0.3 is 9.64 Å². The molecular weight excluding hydrogens is 490 g/mol. The van der Waals surface area contributed by atoms with Crippen molar-refractivity contribution in [1.82, 2.24) is 14.9 Å². The molecule has 0 aliphatic carbocycles. The number of pyridine rings is 1. The number of thiophene rings is 1. The maximum atomic E-state index is 13.0. The maximum Gasteiger partial charge on any atom is 0.410 e. The van der Waals surface area contributed by atoms with Crippen LogP contribution in [0.5, 0.6) is 0 Å². The van der Waals surface area contributed by atoms with E-state index in [2.05, 4.69) is 25.8 Å². The van der Waals surface area contributed by atoms with E-state index < -0.39 is 5.60 Å². The van der Waals surface area contributed by atoms with Crippen LogP contribution in [0, 0.1) is 5.92 Å². The fourth-order valence-corrected chi connectivity index (χ4v) is 7.03. The number of ether oxygens (including phenoxy) is 1. The summed E-state index contributed by atoms with van der Waals surface area (Å²) in [6.07, 6.45) is 8.21. The average Bonchev–Trinajstić information content (AvgIpc) is 3.37. The van der Waals surface area contributed by atoms with Gasteiger partial charge in [0, 0.05) is 40.4 Å². The second kappa shape index (κ2) is 11.0. The predicted octanol–water partition coefficient (Wildman–Crippen LogP) is 7.43. The Morgan fingerprint density at radius 3 is 2.75 bits per heavy atom. The van der Waals surface area contributed by atoms with E-state index in [9.17, 15) is 9.59 Å². The zero-order valence-electron chi connectivity index (χ0n) is 22.2. The van der Waals surface area contributed by atoms with Crippen molar-refractivity contribution < 1.29 is 14.3 Å². The fraction of sp³-hybridized carbons (Fsp3) is 0.571. The largest absolute Gasteiger partial charge is 0.444 e. The number of rotatable bonds is 8. The molecule has 3 aromatic rings. The molecule has 0 saturated carbocycles. The van der Waals surface area contributed by atoms with E-state index in [1.54, 1.807) is 35.1 Å². The van der Waals surface area contributed by atoms with Gasteiger partial charge >= 0.3 is 6.09 Å². The predicted molar refractivity (Wildman–Crippen MR) is 148 cm³/mol. The Hall–Kier alpha value is -2.32. The van der Waals surface area contributed by atoms with E-state index in [1.807, 2.05) is 31.7 Å². The molecule has 1 aliphatic heterocycles. The summed E-state index contributed by atoms with van der Waals surface area (Å²) < 4.78 is 6.77. The van der Waals surface area contributed by atoms with Crippen molar-refractivity contribution in [3.8, 4) is 10.6 Å². The SMILES string of the molecule is CC[C@H](C)CCCC(=O)Cc1sc2c(c1-c1nc3cnccc3s1)C[C@H](C)N(C(=O)OC(C)(C)C)C2. The van der Waals surface area contributed by atoms with Crippen molar-refractivity contribution in [1.29, 1.82) is 0 Å². The highest BCUT2D eigenvalue weighted by Gasteiger charge is 2.35. The summed E-state index contributed by atoms with van der Waals surface area (Å²) in [5.74, 6) is 0.928. The summed E-state index contributed by atoms with van der Waals surface area (Å²) >= 11 is 3.31. The zero-order chi connectivity index (χ0) is 26.0. The summed E-state index contributed by atoms with van der Waals surface area (Å²) in [4.78, 5) is 39.1. The van der Waals surface area contributed by atoms with Crippen molar-refractivity contribution in [2.24, 2.45) is 5.92 Å². The van der Waals surface area contributed by atoms with E-state index >= 15 is 0 Å². The number of aromatic nitrogens is 2.